The van der Waals surface area contributed by atoms with Gasteiger partial charge in [0, 0.05) is 6.42 Å². The number of rotatable bonds is 7. The van der Waals surface area contributed by atoms with E-state index in [0.717, 1.165) is 24.3 Å². The van der Waals surface area contributed by atoms with E-state index in [9.17, 15) is 0 Å². The number of thiocarbonyl (C=S) groups is 1. The van der Waals surface area contributed by atoms with Crippen molar-refractivity contribution in [3.63, 3.8) is 0 Å². The Morgan fingerprint density at radius 1 is 1.19 bits per heavy atom. The van der Waals surface area contributed by atoms with Crippen molar-refractivity contribution in [2.45, 2.75) is 19.8 Å². The zero-order chi connectivity index (χ0) is 11.8. The van der Waals surface area contributed by atoms with Gasteiger partial charge in [0.05, 0.1) is 18.2 Å². The third kappa shape index (κ3) is 4.98. The molecule has 0 atom stereocenters. The summed E-state index contributed by atoms with van der Waals surface area (Å²) < 4.78 is 10.8. The fourth-order valence-electron chi connectivity index (χ4n) is 1.24. The van der Waals surface area contributed by atoms with Crippen LogP contribution in [0.25, 0.3) is 0 Å². The molecule has 1 rings (SSSR count). The highest BCUT2D eigenvalue weighted by Crippen LogP contribution is 2.17. The van der Waals surface area contributed by atoms with Crippen molar-refractivity contribution in [2.75, 3.05) is 13.2 Å². The molecule has 0 aromatic heterocycles. The van der Waals surface area contributed by atoms with E-state index in [0.29, 0.717) is 18.2 Å². The van der Waals surface area contributed by atoms with Crippen LogP contribution in [0.4, 0.5) is 0 Å². The fourth-order valence-corrected chi connectivity index (χ4v) is 1.38. The second-order valence-electron chi connectivity index (χ2n) is 3.32. The van der Waals surface area contributed by atoms with Crippen molar-refractivity contribution in [3.8, 4) is 11.5 Å². The van der Waals surface area contributed by atoms with Gasteiger partial charge in [-0.1, -0.05) is 12.2 Å². The van der Waals surface area contributed by atoms with Crippen LogP contribution >= 0.6 is 12.2 Å². The molecule has 0 saturated heterocycles. The Morgan fingerprint density at radius 2 is 1.75 bits per heavy atom. The first kappa shape index (κ1) is 12.8. The quantitative estimate of drug-likeness (QED) is 0.586. The van der Waals surface area contributed by atoms with Crippen LogP contribution in [0, 0.1) is 0 Å². The van der Waals surface area contributed by atoms with Crippen LogP contribution in [-0.4, -0.2) is 18.2 Å². The van der Waals surface area contributed by atoms with E-state index >= 15 is 0 Å². The van der Waals surface area contributed by atoms with E-state index in [-0.39, 0.29) is 0 Å². The molecule has 0 heterocycles. The van der Waals surface area contributed by atoms with Gasteiger partial charge in [-0.15, -0.1) is 0 Å². The molecule has 1 aromatic rings. The molecule has 0 saturated carbocycles. The Balaban J connectivity index is 2.29. The van der Waals surface area contributed by atoms with Crippen molar-refractivity contribution in [1.29, 1.82) is 0 Å². The molecule has 0 aliphatic heterocycles. The normalized spacial score (nSPS) is 9.81. The van der Waals surface area contributed by atoms with E-state index in [2.05, 4.69) is 0 Å². The van der Waals surface area contributed by atoms with Gasteiger partial charge in [-0.3, -0.25) is 0 Å². The van der Waals surface area contributed by atoms with Crippen molar-refractivity contribution in [2.24, 2.45) is 5.73 Å². The molecule has 0 spiro atoms. The lowest BCUT2D eigenvalue weighted by molar-refractivity contribution is 0.311. The summed E-state index contributed by atoms with van der Waals surface area (Å²) >= 11 is 4.78. The van der Waals surface area contributed by atoms with Gasteiger partial charge in [0.25, 0.3) is 0 Å². The van der Waals surface area contributed by atoms with Crippen LogP contribution in [0.2, 0.25) is 0 Å². The molecule has 4 heteroatoms. The predicted molar refractivity (Wildman–Crippen MR) is 69.1 cm³/mol. The smallest absolute Gasteiger partial charge is 0.119 e. The maximum Gasteiger partial charge on any atom is 0.119 e. The van der Waals surface area contributed by atoms with Crippen LogP contribution in [0.15, 0.2) is 24.3 Å². The lowest BCUT2D eigenvalue weighted by Gasteiger charge is -2.07. The first-order chi connectivity index (χ1) is 7.72. The largest absolute Gasteiger partial charge is 0.494 e. The van der Waals surface area contributed by atoms with E-state index in [1.54, 1.807) is 0 Å². The van der Waals surface area contributed by atoms with E-state index < -0.39 is 0 Å². The summed E-state index contributed by atoms with van der Waals surface area (Å²) in [5.74, 6) is 1.70. The third-order valence-corrected chi connectivity index (χ3v) is 2.18. The number of hydrogen-bond donors (Lipinski definition) is 1. The summed E-state index contributed by atoms with van der Waals surface area (Å²) in [6, 6.07) is 7.58. The van der Waals surface area contributed by atoms with Crippen molar-refractivity contribution in [1.82, 2.24) is 0 Å². The molecule has 3 nitrogen and oxygen atoms in total. The molecule has 16 heavy (non-hydrogen) atoms. The monoisotopic (exact) mass is 239 g/mol. The van der Waals surface area contributed by atoms with E-state index in [1.807, 2.05) is 31.2 Å². The molecule has 0 radical (unpaired) electrons. The second-order valence-corrected chi connectivity index (χ2v) is 3.85. The SMILES string of the molecule is CCOc1ccc(OCCCC(N)=S)cc1. The van der Waals surface area contributed by atoms with Gasteiger partial charge >= 0.3 is 0 Å². The molecule has 0 aliphatic rings. The van der Waals surface area contributed by atoms with Crippen LogP contribution in [0.5, 0.6) is 11.5 Å². The maximum absolute atomic E-state index is 5.52. The van der Waals surface area contributed by atoms with E-state index in [1.165, 1.54) is 0 Å². The Hall–Kier alpha value is -1.29. The molecular weight excluding hydrogens is 222 g/mol. The Morgan fingerprint density at radius 3 is 2.25 bits per heavy atom. The number of ether oxygens (including phenoxy) is 2. The van der Waals surface area contributed by atoms with Crippen LogP contribution in [-0.2, 0) is 0 Å². The Bertz CT molecular complexity index is 324. The standard InChI is InChI=1S/C12H17NO2S/c1-2-14-10-5-7-11(8-6-10)15-9-3-4-12(13)16/h5-8H,2-4,9H2,1H3,(H2,13,16). The second kappa shape index (κ2) is 7.06. The average Bonchev–Trinajstić information content (AvgIpc) is 2.27. The minimum atomic E-state index is 0.537. The zero-order valence-corrected chi connectivity index (χ0v) is 10.3. The highest BCUT2D eigenvalue weighted by Gasteiger charge is 1.96. The van der Waals surface area contributed by atoms with Crippen molar-refractivity contribution in [3.05, 3.63) is 24.3 Å². The first-order valence-electron chi connectivity index (χ1n) is 5.36. The minimum absolute atomic E-state index is 0.537. The first-order valence-corrected chi connectivity index (χ1v) is 5.77. The van der Waals surface area contributed by atoms with Gasteiger partial charge in [-0.25, -0.2) is 0 Å². The molecule has 1 aromatic carbocycles. The molecule has 0 aliphatic carbocycles. The molecule has 0 amide bonds. The third-order valence-electron chi connectivity index (χ3n) is 1.97. The number of hydrogen-bond acceptors (Lipinski definition) is 3. The molecule has 88 valence electrons. The zero-order valence-electron chi connectivity index (χ0n) is 9.44. The van der Waals surface area contributed by atoms with Gasteiger partial charge < -0.3 is 15.2 Å². The average molecular weight is 239 g/mol. The molecule has 0 fully saturated rings. The minimum Gasteiger partial charge on any atom is -0.494 e. The van der Waals surface area contributed by atoms with Gasteiger partial charge in [-0.05, 0) is 37.6 Å². The number of nitrogens with two attached hydrogens (primary N) is 1. The highest BCUT2D eigenvalue weighted by molar-refractivity contribution is 7.80. The lowest BCUT2D eigenvalue weighted by Crippen LogP contribution is -2.09. The van der Waals surface area contributed by atoms with Gasteiger partial charge in [-0.2, -0.15) is 0 Å². The van der Waals surface area contributed by atoms with Gasteiger partial charge in [0.15, 0.2) is 0 Å². The molecular formula is C12H17NO2S. The highest BCUT2D eigenvalue weighted by atomic mass is 32.1. The number of benzene rings is 1. The lowest BCUT2D eigenvalue weighted by atomic mass is 10.3. The fraction of sp³-hybridized carbons (Fsp3) is 0.417. The van der Waals surface area contributed by atoms with Crippen molar-refractivity contribution >= 4 is 17.2 Å². The van der Waals surface area contributed by atoms with Crippen molar-refractivity contribution < 1.29 is 9.47 Å². The maximum atomic E-state index is 5.52. The van der Waals surface area contributed by atoms with Crippen LogP contribution in [0.3, 0.4) is 0 Å². The summed E-state index contributed by atoms with van der Waals surface area (Å²) in [5.41, 5.74) is 5.38. The van der Waals surface area contributed by atoms with Gasteiger partial charge in [0.2, 0.25) is 0 Å². The van der Waals surface area contributed by atoms with Crippen LogP contribution < -0.4 is 15.2 Å². The predicted octanol–water partition coefficient (Wildman–Crippen LogP) is 2.53. The molecule has 2 N–H and O–H groups in total. The topological polar surface area (TPSA) is 44.5 Å². The summed E-state index contributed by atoms with van der Waals surface area (Å²) in [7, 11) is 0. The molecule has 0 unspecified atom stereocenters. The van der Waals surface area contributed by atoms with Crippen LogP contribution in [0.1, 0.15) is 19.8 Å². The summed E-state index contributed by atoms with van der Waals surface area (Å²) in [4.78, 5) is 0.537. The summed E-state index contributed by atoms with van der Waals surface area (Å²) in [6.07, 6.45) is 1.58. The summed E-state index contributed by atoms with van der Waals surface area (Å²) in [5, 5.41) is 0. The summed E-state index contributed by atoms with van der Waals surface area (Å²) in [6.45, 7) is 3.26. The molecule has 0 bridgehead atoms. The van der Waals surface area contributed by atoms with Gasteiger partial charge in [0.1, 0.15) is 11.5 Å². The Labute approximate surface area is 102 Å². The van der Waals surface area contributed by atoms with E-state index in [4.69, 9.17) is 27.4 Å². The Kier molecular flexibility index (Phi) is 5.64.